The lowest BCUT2D eigenvalue weighted by atomic mass is 10.0. The molecule has 0 heterocycles. The van der Waals surface area contributed by atoms with Gasteiger partial charge in [0, 0.05) is 5.56 Å². The monoisotopic (exact) mass is 415 g/mol. The molecule has 3 aromatic rings. The fraction of sp³-hybridized carbons (Fsp3) is 0.0455. The van der Waals surface area contributed by atoms with Gasteiger partial charge in [-0.25, -0.2) is 8.78 Å². The lowest BCUT2D eigenvalue weighted by Crippen LogP contribution is -1.99. The quantitative estimate of drug-likeness (QED) is 0.334. The lowest BCUT2D eigenvalue weighted by Gasteiger charge is -2.11. The number of hydrogen-bond acceptors (Lipinski definition) is 2. The second-order valence-corrected chi connectivity index (χ2v) is 6.69. The molecule has 6 heteroatoms. The first-order chi connectivity index (χ1) is 13.5. The van der Waals surface area contributed by atoms with Gasteiger partial charge in [-0.05, 0) is 47.5 Å². The Bertz CT molecular complexity index is 1070. The Balaban J connectivity index is 1.87. The molecule has 0 unspecified atom stereocenters. The van der Waals surface area contributed by atoms with Crippen LogP contribution in [0.5, 0.6) is 5.75 Å². The maximum atomic E-state index is 13.7. The van der Waals surface area contributed by atoms with Crippen LogP contribution in [0.15, 0.2) is 60.7 Å². The molecule has 2 nitrogen and oxygen atoms in total. The average Bonchev–Trinajstić information content (AvgIpc) is 2.66. The van der Waals surface area contributed by atoms with Crippen molar-refractivity contribution in [3.63, 3.8) is 0 Å². The van der Waals surface area contributed by atoms with Crippen molar-refractivity contribution in [2.75, 3.05) is 0 Å². The van der Waals surface area contributed by atoms with Crippen molar-refractivity contribution in [2.24, 2.45) is 0 Å². The minimum absolute atomic E-state index is 0.0337. The van der Waals surface area contributed by atoms with E-state index in [0.717, 1.165) is 0 Å². The summed E-state index contributed by atoms with van der Waals surface area (Å²) in [7, 11) is 0. The van der Waals surface area contributed by atoms with Crippen LogP contribution < -0.4 is 4.74 Å². The summed E-state index contributed by atoms with van der Waals surface area (Å²) in [6.07, 6.45) is 1.55. The minimum atomic E-state index is -0.438. The van der Waals surface area contributed by atoms with E-state index in [1.54, 1.807) is 42.5 Å². The van der Waals surface area contributed by atoms with Crippen molar-refractivity contribution in [3.05, 3.63) is 99.0 Å². The summed E-state index contributed by atoms with van der Waals surface area (Å²) >= 11 is 12.5. The van der Waals surface area contributed by atoms with E-state index < -0.39 is 5.82 Å². The zero-order valence-corrected chi connectivity index (χ0v) is 15.9. The Labute approximate surface area is 171 Å². The van der Waals surface area contributed by atoms with Crippen LogP contribution in [0, 0.1) is 23.0 Å². The maximum absolute atomic E-state index is 13.7. The van der Waals surface area contributed by atoms with E-state index in [1.165, 1.54) is 24.3 Å². The third-order valence-corrected chi connectivity index (χ3v) is 4.48. The standard InChI is InChI=1S/C22H13Cl2F2NO/c23-19-9-14(8-17(12-27)15-5-3-6-18(25)11-15)10-20(24)22(19)28-13-16-4-1-2-7-21(16)26/h1-11H,13H2/b17-8-. The van der Waals surface area contributed by atoms with E-state index in [2.05, 4.69) is 0 Å². The van der Waals surface area contributed by atoms with Gasteiger partial charge in [0.15, 0.2) is 5.75 Å². The molecule has 0 radical (unpaired) electrons. The van der Waals surface area contributed by atoms with Crippen LogP contribution in [0.1, 0.15) is 16.7 Å². The van der Waals surface area contributed by atoms with Gasteiger partial charge in [-0.15, -0.1) is 0 Å². The second kappa shape index (κ2) is 8.88. The first-order valence-corrected chi connectivity index (χ1v) is 8.96. The summed E-state index contributed by atoms with van der Waals surface area (Å²) in [6.45, 7) is -0.0337. The molecule has 3 rings (SSSR count). The predicted octanol–water partition coefficient (Wildman–Crippen LogP) is 6.91. The highest BCUT2D eigenvalue weighted by Crippen LogP contribution is 2.36. The summed E-state index contributed by atoms with van der Waals surface area (Å²) in [5.41, 5.74) is 1.62. The fourth-order valence-electron chi connectivity index (χ4n) is 2.57. The molecule has 0 spiro atoms. The largest absolute Gasteiger partial charge is 0.486 e. The summed E-state index contributed by atoms with van der Waals surface area (Å²) in [4.78, 5) is 0. The van der Waals surface area contributed by atoms with Gasteiger partial charge < -0.3 is 4.74 Å². The smallest absolute Gasteiger partial charge is 0.157 e. The van der Waals surface area contributed by atoms with E-state index in [9.17, 15) is 14.0 Å². The number of hydrogen-bond donors (Lipinski definition) is 0. The molecule has 0 saturated carbocycles. The van der Waals surface area contributed by atoms with E-state index >= 15 is 0 Å². The van der Waals surface area contributed by atoms with Gasteiger partial charge in [0.2, 0.25) is 0 Å². The highest BCUT2D eigenvalue weighted by Gasteiger charge is 2.12. The molecule has 0 aliphatic carbocycles. The van der Waals surface area contributed by atoms with Crippen molar-refractivity contribution in [1.82, 2.24) is 0 Å². The molecule has 0 N–H and O–H groups in total. The van der Waals surface area contributed by atoms with Gasteiger partial charge in [-0.3, -0.25) is 0 Å². The zero-order chi connectivity index (χ0) is 20.1. The average molecular weight is 416 g/mol. The predicted molar refractivity (Wildman–Crippen MR) is 107 cm³/mol. The van der Waals surface area contributed by atoms with Crippen molar-refractivity contribution < 1.29 is 13.5 Å². The van der Waals surface area contributed by atoms with Crippen molar-refractivity contribution in [2.45, 2.75) is 6.61 Å². The highest BCUT2D eigenvalue weighted by atomic mass is 35.5. The number of benzene rings is 3. The molecular formula is C22H13Cl2F2NO. The Morgan fingerprint density at radius 2 is 1.71 bits per heavy atom. The Morgan fingerprint density at radius 1 is 1.00 bits per heavy atom. The van der Waals surface area contributed by atoms with E-state index in [-0.39, 0.29) is 33.8 Å². The highest BCUT2D eigenvalue weighted by molar-refractivity contribution is 6.37. The fourth-order valence-corrected chi connectivity index (χ4v) is 3.18. The minimum Gasteiger partial charge on any atom is -0.486 e. The molecule has 28 heavy (non-hydrogen) atoms. The van der Waals surface area contributed by atoms with Gasteiger partial charge in [0.05, 0.1) is 21.7 Å². The number of rotatable bonds is 5. The molecule has 0 fully saturated rings. The lowest BCUT2D eigenvalue weighted by molar-refractivity contribution is 0.300. The normalized spacial score (nSPS) is 11.2. The van der Waals surface area contributed by atoms with Crippen molar-refractivity contribution >= 4 is 34.9 Å². The molecule has 0 aromatic heterocycles. The van der Waals surface area contributed by atoms with Gasteiger partial charge in [0.25, 0.3) is 0 Å². The van der Waals surface area contributed by atoms with E-state index in [4.69, 9.17) is 27.9 Å². The molecule has 0 aliphatic rings. The van der Waals surface area contributed by atoms with Gasteiger partial charge in [-0.1, -0.05) is 53.5 Å². The molecule has 0 aliphatic heterocycles. The van der Waals surface area contributed by atoms with Crippen LogP contribution in [0.2, 0.25) is 10.0 Å². The van der Waals surface area contributed by atoms with Gasteiger partial charge in [-0.2, -0.15) is 5.26 Å². The Hall–Kier alpha value is -2.87. The summed E-state index contributed by atoms with van der Waals surface area (Å²) < 4.78 is 32.7. The SMILES string of the molecule is N#C/C(=C/c1cc(Cl)c(OCc2ccccc2F)c(Cl)c1)c1cccc(F)c1. The van der Waals surface area contributed by atoms with Crippen LogP contribution in [-0.2, 0) is 6.61 Å². The third-order valence-electron chi connectivity index (χ3n) is 3.92. The number of halogens is 4. The van der Waals surface area contributed by atoms with E-state index in [1.807, 2.05) is 6.07 Å². The first-order valence-electron chi connectivity index (χ1n) is 8.21. The topological polar surface area (TPSA) is 33.0 Å². The van der Waals surface area contributed by atoms with Gasteiger partial charge >= 0.3 is 0 Å². The molecule has 3 aromatic carbocycles. The van der Waals surface area contributed by atoms with Crippen LogP contribution in [0.3, 0.4) is 0 Å². The third kappa shape index (κ3) is 4.69. The summed E-state index contributed by atoms with van der Waals surface area (Å²) in [6, 6.07) is 17.1. The van der Waals surface area contributed by atoms with Crippen LogP contribution in [-0.4, -0.2) is 0 Å². The Kier molecular flexibility index (Phi) is 6.30. The summed E-state index contributed by atoms with van der Waals surface area (Å²) in [5, 5.41) is 9.82. The molecule has 0 bridgehead atoms. The summed E-state index contributed by atoms with van der Waals surface area (Å²) in [5.74, 6) is -0.609. The van der Waals surface area contributed by atoms with Crippen molar-refractivity contribution in [1.29, 1.82) is 5.26 Å². The number of allylic oxidation sites excluding steroid dienone is 1. The zero-order valence-electron chi connectivity index (χ0n) is 14.4. The van der Waals surface area contributed by atoms with Crippen molar-refractivity contribution in [3.8, 4) is 11.8 Å². The Morgan fingerprint density at radius 3 is 2.36 bits per heavy atom. The van der Waals surface area contributed by atoms with Gasteiger partial charge in [0.1, 0.15) is 18.2 Å². The van der Waals surface area contributed by atoms with Crippen LogP contribution in [0.25, 0.3) is 11.6 Å². The maximum Gasteiger partial charge on any atom is 0.157 e. The molecule has 0 saturated heterocycles. The number of nitriles is 1. The van der Waals surface area contributed by atoms with E-state index in [0.29, 0.717) is 16.7 Å². The second-order valence-electron chi connectivity index (χ2n) is 5.87. The number of ether oxygens (including phenoxy) is 1. The molecule has 140 valence electrons. The van der Waals surface area contributed by atoms with Crippen LogP contribution in [0.4, 0.5) is 8.78 Å². The number of nitrogens with zero attached hydrogens (tertiary/aromatic N) is 1. The van der Waals surface area contributed by atoms with Crippen LogP contribution >= 0.6 is 23.2 Å². The molecular weight excluding hydrogens is 403 g/mol. The molecule has 0 amide bonds. The molecule has 0 atom stereocenters. The first kappa shape index (κ1) is 19.9.